The first-order chi connectivity index (χ1) is 7.17. The SMILES string of the molecule is CC(C)(C#N)N([O-])C=C[N+](=O)C(C)(C)C#N. The molecule has 0 radical (unpaired) electrons. The van der Waals surface area contributed by atoms with Crippen LogP contribution in [0.1, 0.15) is 27.7 Å². The highest BCUT2D eigenvalue weighted by Gasteiger charge is 2.33. The van der Waals surface area contributed by atoms with Crippen LogP contribution >= 0.6 is 0 Å². The van der Waals surface area contributed by atoms with Crippen LogP contribution < -0.4 is 0 Å². The summed E-state index contributed by atoms with van der Waals surface area (Å²) >= 11 is 0. The first-order valence-corrected chi connectivity index (χ1v) is 4.61. The van der Waals surface area contributed by atoms with Crippen LogP contribution in [0, 0.1) is 32.8 Å². The van der Waals surface area contributed by atoms with Gasteiger partial charge in [0.1, 0.15) is 11.6 Å². The predicted molar refractivity (Wildman–Crippen MR) is 57.4 cm³/mol. The summed E-state index contributed by atoms with van der Waals surface area (Å²) in [7, 11) is 0. The fourth-order valence-corrected chi connectivity index (χ4v) is 0.592. The lowest BCUT2D eigenvalue weighted by Crippen LogP contribution is -2.35. The van der Waals surface area contributed by atoms with Crippen molar-refractivity contribution in [3.8, 4) is 12.1 Å². The molecule has 0 aliphatic carbocycles. The lowest BCUT2D eigenvalue weighted by molar-refractivity contribution is -0.542. The molecule has 6 heteroatoms. The molecule has 0 fully saturated rings. The number of nitroso groups, excluding NO2 is 1. The molecule has 0 aromatic heterocycles. The van der Waals surface area contributed by atoms with E-state index in [0.29, 0.717) is 9.82 Å². The molecule has 0 rings (SSSR count). The first kappa shape index (κ1) is 14.1. The topological polar surface area (TPSA) is 94.0 Å². The summed E-state index contributed by atoms with van der Waals surface area (Å²) < 4.78 is 0.366. The molecular weight excluding hydrogens is 208 g/mol. The van der Waals surface area contributed by atoms with E-state index in [9.17, 15) is 10.1 Å². The lowest BCUT2D eigenvalue weighted by atomic mass is 10.1. The fourth-order valence-electron chi connectivity index (χ4n) is 0.592. The Morgan fingerprint density at radius 2 is 1.75 bits per heavy atom. The summed E-state index contributed by atoms with van der Waals surface area (Å²) in [6.07, 6.45) is 1.88. The van der Waals surface area contributed by atoms with Gasteiger partial charge >= 0.3 is 0 Å². The lowest BCUT2D eigenvalue weighted by Gasteiger charge is -2.36. The third kappa shape index (κ3) is 3.34. The van der Waals surface area contributed by atoms with Crippen molar-refractivity contribution in [3.05, 3.63) is 22.5 Å². The fraction of sp³-hybridized carbons (Fsp3) is 0.600. The van der Waals surface area contributed by atoms with Gasteiger partial charge in [-0.1, -0.05) is 0 Å². The standard InChI is InChI=1S/C10H14N4O2/c1-9(2,7-11)13(15)5-6-14(16)10(3,4)8-12/h5-6H,1-4H3. The van der Waals surface area contributed by atoms with Crippen molar-refractivity contribution in [2.45, 2.75) is 38.8 Å². The van der Waals surface area contributed by atoms with Gasteiger partial charge in [0.15, 0.2) is 0 Å². The van der Waals surface area contributed by atoms with E-state index in [2.05, 4.69) is 0 Å². The molecule has 0 aromatic rings. The number of hydrogen-bond donors (Lipinski definition) is 0. The quantitative estimate of drug-likeness (QED) is 0.532. The number of hydroxylamine groups is 2. The van der Waals surface area contributed by atoms with Crippen LogP contribution in [0.4, 0.5) is 0 Å². The van der Waals surface area contributed by atoms with E-state index in [1.54, 1.807) is 12.1 Å². The Balaban J connectivity index is 4.74. The van der Waals surface area contributed by atoms with Gasteiger partial charge < -0.3 is 10.3 Å². The summed E-state index contributed by atoms with van der Waals surface area (Å²) in [5.74, 6) is 0. The smallest absolute Gasteiger partial charge is 0.294 e. The summed E-state index contributed by atoms with van der Waals surface area (Å²) in [6, 6.07) is 3.59. The highest BCUT2D eigenvalue weighted by atomic mass is 16.5. The van der Waals surface area contributed by atoms with Crippen molar-refractivity contribution in [2.75, 3.05) is 0 Å². The number of rotatable bonds is 4. The molecule has 86 valence electrons. The maximum absolute atomic E-state index is 11.4. The van der Waals surface area contributed by atoms with Gasteiger partial charge in [-0.15, -0.1) is 0 Å². The van der Waals surface area contributed by atoms with Gasteiger partial charge in [0, 0.05) is 18.8 Å². The van der Waals surface area contributed by atoms with Gasteiger partial charge in [-0.25, -0.2) is 0 Å². The third-order valence-electron chi connectivity index (χ3n) is 1.99. The second-order valence-corrected chi connectivity index (χ2v) is 4.29. The Morgan fingerprint density at radius 3 is 2.12 bits per heavy atom. The van der Waals surface area contributed by atoms with Crippen LogP contribution in [-0.4, -0.2) is 20.9 Å². The van der Waals surface area contributed by atoms with Crippen LogP contribution in [0.3, 0.4) is 0 Å². The van der Waals surface area contributed by atoms with Gasteiger partial charge in [-0.05, 0) is 13.8 Å². The van der Waals surface area contributed by atoms with Crippen molar-refractivity contribution in [2.24, 2.45) is 0 Å². The molecule has 16 heavy (non-hydrogen) atoms. The van der Waals surface area contributed by atoms with Gasteiger partial charge in [0.2, 0.25) is 6.20 Å². The monoisotopic (exact) mass is 222 g/mol. The average Bonchev–Trinajstić information content (AvgIpc) is 2.24. The first-order valence-electron chi connectivity index (χ1n) is 4.61. The van der Waals surface area contributed by atoms with E-state index < -0.39 is 11.1 Å². The largest absolute Gasteiger partial charge is 0.757 e. The van der Waals surface area contributed by atoms with Crippen molar-refractivity contribution >= 4 is 0 Å². The van der Waals surface area contributed by atoms with Crippen molar-refractivity contribution in [1.82, 2.24) is 5.06 Å². The molecule has 6 nitrogen and oxygen atoms in total. The molecule has 0 spiro atoms. The zero-order valence-corrected chi connectivity index (χ0v) is 9.76. The second kappa shape index (κ2) is 4.73. The molecule has 0 aliphatic heterocycles. The predicted octanol–water partition coefficient (Wildman–Crippen LogP) is 1.64. The Labute approximate surface area is 94.5 Å². The number of nitriles is 2. The molecule has 0 amide bonds. The van der Waals surface area contributed by atoms with Crippen LogP contribution in [0.2, 0.25) is 0 Å². The zero-order valence-electron chi connectivity index (χ0n) is 9.76. The molecule has 0 heterocycles. The molecule has 0 atom stereocenters. The van der Waals surface area contributed by atoms with Gasteiger partial charge in [-0.3, -0.25) is 0 Å². The van der Waals surface area contributed by atoms with E-state index in [0.717, 1.165) is 12.4 Å². The minimum Gasteiger partial charge on any atom is -0.757 e. The Hall–Kier alpha value is -1.92. The Morgan fingerprint density at radius 1 is 1.25 bits per heavy atom. The second-order valence-electron chi connectivity index (χ2n) is 4.29. The minimum absolute atomic E-state index is 0.366. The van der Waals surface area contributed by atoms with Crippen LogP contribution in [0.5, 0.6) is 0 Å². The molecular formula is C10H14N4O2. The Bertz CT molecular complexity index is 385. The Kier molecular flexibility index (Phi) is 4.17. The molecule has 0 aliphatic rings. The molecule has 0 N–H and O–H groups in total. The normalized spacial score (nSPS) is 11.9. The highest BCUT2D eigenvalue weighted by molar-refractivity contribution is 5.05. The molecule has 0 saturated carbocycles. The van der Waals surface area contributed by atoms with Gasteiger partial charge in [0.25, 0.3) is 5.54 Å². The highest BCUT2D eigenvalue weighted by Crippen LogP contribution is 2.13. The summed E-state index contributed by atoms with van der Waals surface area (Å²) in [6.45, 7) is 5.70. The zero-order chi connectivity index (χ0) is 13.0. The van der Waals surface area contributed by atoms with Crippen LogP contribution in [0.25, 0.3) is 0 Å². The van der Waals surface area contributed by atoms with Gasteiger partial charge in [0.05, 0.1) is 17.0 Å². The van der Waals surface area contributed by atoms with Crippen molar-refractivity contribution in [3.63, 3.8) is 0 Å². The molecule has 0 aromatic carbocycles. The molecule has 0 bridgehead atoms. The maximum atomic E-state index is 11.4. The van der Waals surface area contributed by atoms with E-state index >= 15 is 0 Å². The third-order valence-corrected chi connectivity index (χ3v) is 1.99. The summed E-state index contributed by atoms with van der Waals surface area (Å²) in [5.41, 5.74) is -2.48. The van der Waals surface area contributed by atoms with Crippen LogP contribution in [-0.2, 0) is 0 Å². The number of hydrogen-bond acceptors (Lipinski definition) is 5. The maximum Gasteiger partial charge on any atom is 0.294 e. The van der Waals surface area contributed by atoms with Crippen LogP contribution in [0.15, 0.2) is 12.4 Å². The van der Waals surface area contributed by atoms with Crippen molar-refractivity contribution in [1.29, 1.82) is 10.5 Å². The summed E-state index contributed by atoms with van der Waals surface area (Å²) in [5, 5.41) is 29.1. The van der Waals surface area contributed by atoms with Gasteiger partial charge in [-0.2, -0.15) is 10.5 Å². The van der Waals surface area contributed by atoms with E-state index in [-0.39, 0.29) is 0 Å². The average molecular weight is 222 g/mol. The summed E-state index contributed by atoms with van der Waals surface area (Å²) in [4.78, 5) is 11.4. The number of nitrogens with zero attached hydrogens (tertiary/aromatic N) is 4. The molecule has 0 unspecified atom stereocenters. The van der Waals surface area contributed by atoms with E-state index in [1.165, 1.54) is 27.7 Å². The molecule has 0 saturated heterocycles. The van der Waals surface area contributed by atoms with E-state index in [4.69, 9.17) is 10.5 Å². The minimum atomic E-state index is -1.24. The van der Waals surface area contributed by atoms with Crippen molar-refractivity contribution < 1.29 is 4.76 Å². The van der Waals surface area contributed by atoms with E-state index in [1.807, 2.05) is 0 Å².